The van der Waals surface area contributed by atoms with E-state index in [0.29, 0.717) is 23.2 Å². The van der Waals surface area contributed by atoms with Crippen LogP contribution in [-0.4, -0.2) is 39.8 Å². The molecule has 2 aromatic heterocycles. The molecule has 0 unspecified atom stereocenters. The summed E-state index contributed by atoms with van der Waals surface area (Å²) < 4.78 is 15.8. The smallest absolute Gasteiger partial charge is 0.246 e. The number of hydrogen-bond donors (Lipinski definition) is 0. The normalized spacial score (nSPS) is 12.2. The summed E-state index contributed by atoms with van der Waals surface area (Å²) in [6.45, 7) is 0.449. The number of fused-ring (bicyclic) bond motifs is 1. The van der Waals surface area contributed by atoms with E-state index in [1.165, 1.54) is 0 Å². The minimum Gasteiger partial charge on any atom is -0.454 e. The molecule has 0 spiro atoms. The van der Waals surface area contributed by atoms with Gasteiger partial charge in [-0.15, -0.1) is 0 Å². The number of amides is 1. The van der Waals surface area contributed by atoms with E-state index >= 15 is 0 Å². The maximum Gasteiger partial charge on any atom is 0.246 e. The number of nitrogens with zero attached hydrogens (tertiary/aromatic N) is 4. The topological polar surface area (TPSA) is 90.6 Å². The van der Waals surface area contributed by atoms with Crippen molar-refractivity contribution in [1.29, 1.82) is 0 Å². The second-order valence-corrected chi connectivity index (χ2v) is 5.86. The van der Waals surface area contributed by atoms with Crippen molar-refractivity contribution in [1.82, 2.24) is 20.0 Å². The van der Waals surface area contributed by atoms with Gasteiger partial charge in [0.25, 0.3) is 0 Å². The number of ether oxygens (including phenoxy) is 2. The van der Waals surface area contributed by atoms with Crippen LogP contribution in [0, 0.1) is 0 Å². The fourth-order valence-electron chi connectivity index (χ4n) is 2.59. The third kappa shape index (κ3) is 3.34. The van der Waals surface area contributed by atoms with Gasteiger partial charge in [0.05, 0.1) is 13.0 Å². The highest BCUT2D eigenvalue weighted by atomic mass is 16.7. The van der Waals surface area contributed by atoms with Crippen molar-refractivity contribution in [2.75, 3.05) is 13.8 Å². The van der Waals surface area contributed by atoms with E-state index in [2.05, 4.69) is 15.1 Å². The van der Waals surface area contributed by atoms with E-state index in [9.17, 15) is 4.79 Å². The zero-order valence-electron chi connectivity index (χ0n) is 14.1. The Balaban J connectivity index is 1.39. The van der Waals surface area contributed by atoms with Gasteiger partial charge in [-0.25, -0.2) is 0 Å². The molecule has 3 heterocycles. The van der Waals surface area contributed by atoms with Crippen LogP contribution in [0.4, 0.5) is 0 Å². The molecule has 8 heteroatoms. The monoisotopic (exact) mass is 352 g/mol. The van der Waals surface area contributed by atoms with Crippen molar-refractivity contribution in [3.63, 3.8) is 0 Å². The molecule has 1 aliphatic rings. The molecule has 0 fully saturated rings. The lowest BCUT2D eigenvalue weighted by Crippen LogP contribution is -2.27. The first-order chi connectivity index (χ1) is 12.7. The predicted octanol–water partition coefficient (Wildman–Crippen LogP) is 2.06. The van der Waals surface area contributed by atoms with Crippen LogP contribution >= 0.6 is 0 Å². The minimum atomic E-state index is -0.0625. The van der Waals surface area contributed by atoms with Crippen LogP contribution in [0.3, 0.4) is 0 Å². The van der Waals surface area contributed by atoms with Gasteiger partial charge in [0.15, 0.2) is 11.5 Å². The molecule has 1 aliphatic heterocycles. The summed E-state index contributed by atoms with van der Waals surface area (Å²) in [5.74, 6) is 2.14. The minimum absolute atomic E-state index is 0.0625. The van der Waals surface area contributed by atoms with Crippen molar-refractivity contribution in [3.8, 4) is 22.9 Å². The maximum atomic E-state index is 12.4. The second-order valence-electron chi connectivity index (χ2n) is 5.86. The lowest BCUT2D eigenvalue weighted by molar-refractivity contribution is -0.130. The fourth-order valence-corrected chi connectivity index (χ4v) is 2.59. The van der Waals surface area contributed by atoms with Gasteiger partial charge < -0.3 is 18.9 Å². The zero-order valence-corrected chi connectivity index (χ0v) is 14.1. The maximum absolute atomic E-state index is 12.4. The molecule has 4 rings (SSSR count). The molecule has 0 radical (unpaired) electrons. The Labute approximate surface area is 149 Å². The SMILES string of the molecule is CN(Cc1nc(-c2ccncc2)no1)C(=O)Cc1ccc2c(c1)OCO2. The number of likely N-dealkylation sites (N-methyl/N-ethyl adjacent to an activating group) is 1. The average Bonchev–Trinajstić information content (AvgIpc) is 3.31. The van der Waals surface area contributed by atoms with Crippen LogP contribution in [-0.2, 0) is 17.8 Å². The van der Waals surface area contributed by atoms with E-state index in [1.54, 1.807) is 36.5 Å². The molecule has 8 nitrogen and oxygen atoms in total. The molecule has 1 aromatic carbocycles. The van der Waals surface area contributed by atoms with Gasteiger partial charge in [-0.1, -0.05) is 11.2 Å². The van der Waals surface area contributed by atoms with E-state index < -0.39 is 0 Å². The van der Waals surface area contributed by atoms with Gasteiger partial charge in [0.2, 0.25) is 24.4 Å². The number of aromatic nitrogens is 3. The van der Waals surface area contributed by atoms with Gasteiger partial charge in [0.1, 0.15) is 0 Å². The van der Waals surface area contributed by atoms with Crippen LogP contribution in [0.15, 0.2) is 47.2 Å². The molecule has 0 aliphatic carbocycles. The Bertz CT molecular complexity index is 926. The number of carbonyl (C=O) groups is 1. The zero-order chi connectivity index (χ0) is 17.9. The van der Waals surface area contributed by atoms with E-state index in [1.807, 2.05) is 18.2 Å². The molecule has 1 amide bonds. The molecular formula is C18H16N4O4. The van der Waals surface area contributed by atoms with E-state index in [-0.39, 0.29) is 25.7 Å². The molecule has 132 valence electrons. The van der Waals surface area contributed by atoms with Crippen LogP contribution in [0.25, 0.3) is 11.4 Å². The van der Waals surface area contributed by atoms with Crippen molar-refractivity contribution < 1.29 is 18.8 Å². The largest absolute Gasteiger partial charge is 0.454 e. The van der Waals surface area contributed by atoms with Gasteiger partial charge in [-0.05, 0) is 29.8 Å². The Morgan fingerprint density at radius 1 is 1.15 bits per heavy atom. The highest BCUT2D eigenvalue weighted by molar-refractivity contribution is 5.78. The Hall–Kier alpha value is -3.42. The van der Waals surface area contributed by atoms with Crippen LogP contribution < -0.4 is 9.47 Å². The summed E-state index contributed by atoms with van der Waals surface area (Å²) in [4.78, 5) is 22.3. The van der Waals surface area contributed by atoms with Crippen LogP contribution in [0.2, 0.25) is 0 Å². The van der Waals surface area contributed by atoms with Gasteiger partial charge in [-0.3, -0.25) is 9.78 Å². The van der Waals surface area contributed by atoms with Gasteiger partial charge >= 0.3 is 0 Å². The Morgan fingerprint density at radius 2 is 1.96 bits per heavy atom. The van der Waals surface area contributed by atoms with Crippen molar-refractivity contribution in [3.05, 3.63) is 54.2 Å². The summed E-state index contributed by atoms with van der Waals surface area (Å²) in [5, 5.41) is 3.94. The third-order valence-electron chi connectivity index (χ3n) is 4.00. The van der Waals surface area contributed by atoms with Gasteiger partial charge in [0, 0.05) is 25.0 Å². The van der Waals surface area contributed by atoms with Gasteiger partial charge in [-0.2, -0.15) is 4.98 Å². The Morgan fingerprint density at radius 3 is 2.81 bits per heavy atom. The molecule has 0 bridgehead atoms. The second kappa shape index (κ2) is 6.83. The first-order valence-electron chi connectivity index (χ1n) is 8.04. The van der Waals surface area contributed by atoms with E-state index in [0.717, 1.165) is 11.1 Å². The number of carbonyl (C=O) groups excluding carboxylic acids is 1. The summed E-state index contributed by atoms with van der Waals surface area (Å²) in [6.07, 6.45) is 3.57. The highest BCUT2D eigenvalue weighted by Crippen LogP contribution is 2.32. The molecule has 0 saturated carbocycles. The molecule has 0 atom stereocenters. The summed E-state index contributed by atoms with van der Waals surface area (Å²) in [7, 11) is 1.70. The van der Waals surface area contributed by atoms with Crippen molar-refractivity contribution >= 4 is 5.91 Å². The average molecular weight is 352 g/mol. The lowest BCUT2D eigenvalue weighted by Gasteiger charge is -2.14. The summed E-state index contributed by atoms with van der Waals surface area (Å²) >= 11 is 0. The van der Waals surface area contributed by atoms with Crippen LogP contribution in [0.5, 0.6) is 11.5 Å². The summed E-state index contributed by atoms with van der Waals surface area (Å²) in [5.41, 5.74) is 1.67. The molecule has 26 heavy (non-hydrogen) atoms. The lowest BCUT2D eigenvalue weighted by atomic mass is 10.1. The first kappa shape index (κ1) is 16.1. The number of pyridine rings is 1. The quantitative estimate of drug-likeness (QED) is 0.694. The number of rotatable bonds is 5. The van der Waals surface area contributed by atoms with Crippen molar-refractivity contribution in [2.45, 2.75) is 13.0 Å². The van der Waals surface area contributed by atoms with Crippen LogP contribution in [0.1, 0.15) is 11.5 Å². The van der Waals surface area contributed by atoms with E-state index in [4.69, 9.17) is 14.0 Å². The molecule has 3 aromatic rings. The number of benzene rings is 1. The summed E-state index contributed by atoms with van der Waals surface area (Å²) in [6, 6.07) is 9.08. The Kier molecular flexibility index (Phi) is 4.22. The fraction of sp³-hybridized carbons (Fsp3) is 0.222. The van der Waals surface area contributed by atoms with Crippen molar-refractivity contribution in [2.24, 2.45) is 0 Å². The molecule has 0 N–H and O–H groups in total. The third-order valence-corrected chi connectivity index (χ3v) is 4.00. The standard InChI is InChI=1S/C18H16N4O4/c1-22(10-16-20-18(21-26-16)13-4-6-19-7-5-13)17(23)9-12-2-3-14-15(8-12)25-11-24-14/h2-8H,9-11H2,1H3. The predicted molar refractivity (Wildman–Crippen MR) is 90.3 cm³/mol. The molecule has 0 saturated heterocycles. The molecular weight excluding hydrogens is 336 g/mol. The first-order valence-corrected chi connectivity index (χ1v) is 8.04. The highest BCUT2D eigenvalue weighted by Gasteiger charge is 2.18. The number of hydrogen-bond acceptors (Lipinski definition) is 7.